The van der Waals surface area contributed by atoms with Crippen LogP contribution in [0.2, 0.25) is 10.0 Å². The third kappa shape index (κ3) is 1.79. The van der Waals surface area contributed by atoms with Crippen LogP contribution in [0.5, 0.6) is 0 Å². The quantitative estimate of drug-likeness (QED) is 0.736. The van der Waals surface area contributed by atoms with Crippen molar-refractivity contribution in [1.82, 2.24) is 9.97 Å². The number of anilines is 1. The lowest BCUT2D eigenvalue weighted by molar-refractivity contribution is 0.580. The van der Waals surface area contributed by atoms with Crippen LogP contribution in [0.3, 0.4) is 0 Å². The number of benzene rings is 1. The molecule has 0 aliphatic carbocycles. The van der Waals surface area contributed by atoms with Crippen molar-refractivity contribution >= 4 is 40.1 Å². The normalized spacial score (nSPS) is 11.0. The van der Waals surface area contributed by atoms with Gasteiger partial charge in [-0.15, -0.1) is 0 Å². The van der Waals surface area contributed by atoms with Gasteiger partial charge in [0.2, 0.25) is 0 Å². The molecule has 6 heteroatoms. The summed E-state index contributed by atoms with van der Waals surface area (Å²) in [7, 11) is 0. The summed E-state index contributed by atoms with van der Waals surface area (Å²) in [4.78, 5) is 8.64. The van der Waals surface area contributed by atoms with Gasteiger partial charge in [0, 0.05) is 0 Å². The van der Waals surface area contributed by atoms with E-state index in [0.717, 1.165) is 0 Å². The van der Waals surface area contributed by atoms with E-state index in [1.165, 1.54) is 0 Å². The molecule has 4 nitrogen and oxygen atoms in total. The summed E-state index contributed by atoms with van der Waals surface area (Å²) < 4.78 is 5.26. The highest BCUT2D eigenvalue weighted by atomic mass is 35.5. The summed E-state index contributed by atoms with van der Waals surface area (Å²) in [5, 5.41) is 0.845. The summed E-state index contributed by atoms with van der Waals surface area (Å²) in [6.45, 7) is 0. The molecule has 0 saturated carbocycles. The predicted octanol–water partition coefficient (Wildman–Crippen LogP) is 3.78. The van der Waals surface area contributed by atoms with E-state index in [4.69, 9.17) is 33.4 Å². The molecule has 18 heavy (non-hydrogen) atoms. The Labute approximate surface area is 112 Å². The highest BCUT2D eigenvalue weighted by Gasteiger charge is 2.12. The van der Waals surface area contributed by atoms with Crippen molar-refractivity contribution < 1.29 is 4.42 Å². The average molecular weight is 280 g/mol. The Morgan fingerprint density at radius 3 is 2.33 bits per heavy atom. The summed E-state index contributed by atoms with van der Waals surface area (Å²) in [5.74, 6) is 0.851. The molecule has 3 aromatic rings. The average Bonchev–Trinajstić information content (AvgIpc) is 2.84. The molecule has 1 aromatic carbocycles. The van der Waals surface area contributed by atoms with Gasteiger partial charge in [-0.3, -0.25) is 0 Å². The number of nitrogens with two attached hydrogens (primary N) is 1. The molecule has 90 valence electrons. The number of halogens is 2. The monoisotopic (exact) mass is 279 g/mol. The first-order valence-electron chi connectivity index (χ1n) is 5.11. The van der Waals surface area contributed by atoms with Crippen LogP contribution in [0.4, 0.5) is 5.82 Å². The minimum absolute atomic E-state index is 0.288. The van der Waals surface area contributed by atoms with Crippen LogP contribution in [0.25, 0.3) is 22.5 Å². The Balaban J connectivity index is 2.30. The zero-order valence-electron chi connectivity index (χ0n) is 9.02. The van der Waals surface area contributed by atoms with Gasteiger partial charge < -0.3 is 10.2 Å². The molecule has 0 aliphatic heterocycles. The molecule has 0 radical (unpaired) electrons. The summed E-state index contributed by atoms with van der Waals surface area (Å²) in [6, 6.07) is 6.81. The SMILES string of the molecule is Nc1nc2cc(Cl)c(Cl)cc2nc1-c1ccco1. The van der Waals surface area contributed by atoms with Gasteiger partial charge >= 0.3 is 0 Å². The van der Waals surface area contributed by atoms with Crippen molar-refractivity contribution in [1.29, 1.82) is 0 Å². The van der Waals surface area contributed by atoms with Crippen LogP contribution in [-0.2, 0) is 0 Å². The minimum atomic E-state index is 0.288. The topological polar surface area (TPSA) is 64.9 Å². The lowest BCUT2D eigenvalue weighted by Crippen LogP contribution is -1.98. The van der Waals surface area contributed by atoms with Crippen LogP contribution < -0.4 is 5.73 Å². The van der Waals surface area contributed by atoms with E-state index in [1.807, 2.05) is 0 Å². The van der Waals surface area contributed by atoms with E-state index in [9.17, 15) is 0 Å². The Morgan fingerprint density at radius 2 is 1.72 bits per heavy atom. The molecular formula is C12H7Cl2N3O. The number of rotatable bonds is 1. The minimum Gasteiger partial charge on any atom is -0.463 e. The van der Waals surface area contributed by atoms with Crippen molar-refractivity contribution in [2.45, 2.75) is 0 Å². The molecule has 2 N–H and O–H groups in total. The second-order valence-corrected chi connectivity index (χ2v) is 4.50. The van der Waals surface area contributed by atoms with Crippen LogP contribution in [0.15, 0.2) is 34.9 Å². The molecule has 0 fully saturated rings. The van der Waals surface area contributed by atoms with Gasteiger partial charge in [0.1, 0.15) is 5.69 Å². The van der Waals surface area contributed by atoms with Gasteiger partial charge in [-0.05, 0) is 24.3 Å². The largest absolute Gasteiger partial charge is 0.463 e. The van der Waals surface area contributed by atoms with E-state index < -0.39 is 0 Å². The molecule has 3 rings (SSSR count). The first-order valence-corrected chi connectivity index (χ1v) is 5.87. The number of furan rings is 1. The zero-order chi connectivity index (χ0) is 12.7. The third-order valence-electron chi connectivity index (χ3n) is 2.49. The fourth-order valence-electron chi connectivity index (χ4n) is 1.66. The van der Waals surface area contributed by atoms with Gasteiger partial charge in [-0.2, -0.15) is 0 Å². The highest BCUT2D eigenvalue weighted by Crippen LogP contribution is 2.30. The molecular weight excluding hydrogens is 273 g/mol. The first kappa shape index (κ1) is 11.3. The van der Waals surface area contributed by atoms with Crippen molar-refractivity contribution in [3.8, 4) is 11.5 Å². The molecule has 0 saturated heterocycles. The number of aromatic nitrogens is 2. The van der Waals surface area contributed by atoms with Crippen molar-refractivity contribution in [3.05, 3.63) is 40.6 Å². The van der Waals surface area contributed by atoms with Gasteiger partial charge in [0.25, 0.3) is 0 Å². The first-order chi connectivity index (χ1) is 8.65. The Bertz CT molecular complexity index is 726. The second-order valence-electron chi connectivity index (χ2n) is 3.69. The summed E-state index contributed by atoms with van der Waals surface area (Å²) in [5.41, 5.74) is 7.56. The smallest absolute Gasteiger partial charge is 0.156 e. The van der Waals surface area contributed by atoms with E-state index >= 15 is 0 Å². The van der Waals surface area contributed by atoms with E-state index in [0.29, 0.717) is 32.5 Å². The molecule has 0 aliphatic rings. The predicted molar refractivity (Wildman–Crippen MR) is 71.7 cm³/mol. The molecule has 0 atom stereocenters. The van der Waals surface area contributed by atoms with E-state index in [-0.39, 0.29) is 5.82 Å². The second kappa shape index (κ2) is 4.15. The Morgan fingerprint density at radius 1 is 1.06 bits per heavy atom. The third-order valence-corrected chi connectivity index (χ3v) is 3.21. The number of nitrogens with zero attached hydrogens (tertiary/aromatic N) is 2. The summed E-state index contributed by atoms with van der Waals surface area (Å²) >= 11 is 11.9. The maximum atomic E-state index is 5.95. The molecule has 2 heterocycles. The van der Waals surface area contributed by atoms with Crippen molar-refractivity contribution in [2.24, 2.45) is 0 Å². The highest BCUT2D eigenvalue weighted by molar-refractivity contribution is 6.42. The number of fused-ring (bicyclic) bond motifs is 1. The summed E-state index contributed by atoms with van der Waals surface area (Å²) in [6.07, 6.45) is 1.55. The standard InChI is InChI=1S/C12H7Cl2N3O/c13-6-4-8-9(5-7(6)14)17-12(15)11(16-8)10-2-1-3-18-10/h1-5H,(H2,15,17). The van der Waals surface area contributed by atoms with E-state index in [1.54, 1.807) is 30.5 Å². The van der Waals surface area contributed by atoms with Gasteiger partial charge in [-0.1, -0.05) is 23.2 Å². The van der Waals surface area contributed by atoms with Crippen LogP contribution in [0.1, 0.15) is 0 Å². The van der Waals surface area contributed by atoms with Crippen molar-refractivity contribution in [2.75, 3.05) is 5.73 Å². The maximum absolute atomic E-state index is 5.95. The Kier molecular flexibility index (Phi) is 2.61. The fraction of sp³-hybridized carbons (Fsp3) is 0. The zero-order valence-corrected chi connectivity index (χ0v) is 10.5. The lowest BCUT2D eigenvalue weighted by atomic mass is 10.2. The van der Waals surface area contributed by atoms with Gasteiger partial charge in [-0.25, -0.2) is 9.97 Å². The molecule has 0 bridgehead atoms. The van der Waals surface area contributed by atoms with Crippen molar-refractivity contribution in [3.63, 3.8) is 0 Å². The van der Waals surface area contributed by atoms with Crippen LogP contribution in [0, 0.1) is 0 Å². The fourth-order valence-corrected chi connectivity index (χ4v) is 1.98. The van der Waals surface area contributed by atoms with E-state index in [2.05, 4.69) is 9.97 Å². The molecule has 0 unspecified atom stereocenters. The molecule has 2 aromatic heterocycles. The maximum Gasteiger partial charge on any atom is 0.156 e. The number of nitrogen functional groups attached to an aromatic ring is 1. The van der Waals surface area contributed by atoms with Crippen LogP contribution >= 0.6 is 23.2 Å². The number of hydrogen-bond acceptors (Lipinski definition) is 4. The van der Waals surface area contributed by atoms with Gasteiger partial charge in [0.15, 0.2) is 11.6 Å². The van der Waals surface area contributed by atoms with Crippen LogP contribution in [-0.4, -0.2) is 9.97 Å². The Hall–Kier alpha value is -1.78. The molecule has 0 spiro atoms. The number of hydrogen-bond donors (Lipinski definition) is 1. The molecule has 0 amide bonds. The van der Waals surface area contributed by atoms with Gasteiger partial charge in [0.05, 0.1) is 27.3 Å². The lowest BCUT2D eigenvalue weighted by Gasteiger charge is -2.05.